The first-order chi connectivity index (χ1) is 13.2. The van der Waals surface area contributed by atoms with Crippen LogP contribution < -0.4 is 0 Å². The first-order valence-corrected chi connectivity index (χ1v) is 10.3. The van der Waals surface area contributed by atoms with E-state index in [2.05, 4.69) is 18.8 Å². The Hall–Kier alpha value is -1.73. The quantitative estimate of drug-likeness (QED) is 0.546. The van der Waals surface area contributed by atoms with Gasteiger partial charge in [0, 0.05) is 44.5 Å². The fraction of sp³-hybridized carbons (Fsp3) is 0.762. The van der Waals surface area contributed by atoms with Crippen LogP contribution >= 0.6 is 0 Å². The predicted octanol–water partition coefficient (Wildman–Crippen LogP) is 2.53. The van der Waals surface area contributed by atoms with Crippen LogP contribution in [0.4, 0.5) is 0 Å². The fourth-order valence-corrected chi connectivity index (χ4v) is 5.58. The van der Waals surface area contributed by atoms with Crippen LogP contribution in [0.2, 0.25) is 0 Å². The molecule has 7 heteroatoms. The molecule has 4 rings (SSSR count). The van der Waals surface area contributed by atoms with Gasteiger partial charge < -0.3 is 14.4 Å². The minimum Gasteiger partial charge on any atom is -0.366 e. The molecule has 1 spiro atoms. The number of carbonyl (C=O) groups excluding carboxylic acids is 1. The Balaban J connectivity index is 1.71. The van der Waals surface area contributed by atoms with E-state index in [9.17, 15) is 4.79 Å². The number of nitrogens with zero attached hydrogens (tertiary/aromatic N) is 4. The highest BCUT2D eigenvalue weighted by molar-refractivity contribution is 6.02. The third kappa shape index (κ3) is 2.74. The van der Waals surface area contributed by atoms with E-state index in [4.69, 9.17) is 14.6 Å². The molecule has 2 aliphatic carbocycles. The Morgan fingerprint density at radius 3 is 2.61 bits per heavy atom. The molecule has 7 nitrogen and oxygen atoms in total. The van der Waals surface area contributed by atoms with E-state index in [1.165, 1.54) is 0 Å². The topological polar surface area (TPSA) is 69.0 Å². The molecule has 28 heavy (non-hydrogen) atoms. The van der Waals surface area contributed by atoms with E-state index in [1.807, 2.05) is 33.0 Å². The number of hydrogen-bond acceptors (Lipinski definition) is 4. The number of ether oxygens (including phenoxy) is 2. The Morgan fingerprint density at radius 2 is 1.96 bits per heavy atom. The molecule has 1 unspecified atom stereocenters. The molecule has 154 valence electrons. The molecule has 3 aliphatic rings. The van der Waals surface area contributed by atoms with E-state index in [0.717, 1.165) is 36.9 Å². The van der Waals surface area contributed by atoms with Crippen molar-refractivity contribution in [2.75, 3.05) is 27.3 Å². The molecule has 3 atom stereocenters. The van der Waals surface area contributed by atoms with E-state index in [1.54, 1.807) is 4.68 Å². The van der Waals surface area contributed by atoms with Gasteiger partial charge in [-0.1, -0.05) is 13.8 Å². The second-order valence-corrected chi connectivity index (χ2v) is 9.02. The molecular weight excluding hydrogens is 356 g/mol. The summed E-state index contributed by atoms with van der Waals surface area (Å²) in [5.74, 6) is 0.798. The average Bonchev–Trinajstić information content (AvgIpc) is 3.24. The number of amides is 1. The number of carbonyl (C=O) groups is 1. The minimum absolute atomic E-state index is 0.0653. The molecule has 1 aromatic heterocycles. The van der Waals surface area contributed by atoms with Crippen LogP contribution in [-0.2, 0) is 28.4 Å². The highest BCUT2D eigenvalue weighted by Crippen LogP contribution is 2.56. The summed E-state index contributed by atoms with van der Waals surface area (Å²) in [4.78, 5) is 19.1. The van der Waals surface area contributed by atoms with E-state index < -0.39 is 5.79 Å². The fourth-order valence-electron chi connectivity index (χ4n) is 5.58. The van der Waals surface area contributed by atoms with Crippen LogP contribution in [0.3, 0.4) is 0 Å². The van der Waals surface area contributed by atoms with Gasteiger partial charge in [0.15, 0.2) is 5.79 Å². The molecule has 1 amide bonds. The molecular formula is C21H32N4O3. The van der Waals surface area contributed by atoms with Crippen molar-refractivity contribution in [3.8, 4) is 0 Å². The van der Waals surface area contributed by atoms with Crippen molar-refractivity contribution in [2.24, 2.45) is 23.9 Å². The second-order valence-electron chi connectivity index (χ2n) is 9.02. The molecule has 0 bridgehead atoms. The van der Waals surface area contributed by atoms with Crippen LogP contribution in [0.15, 0.2) is 4.99 Å². The van der Waals surface area contributed by atoms with Crippen molar-refractivity contribution in [1.82, 2.24) is 14.7 Å². The number of aliphatic imine (C=N–C) groups is 1. The van der Waals surface area contributed by atoms with Crippen LogP contribution in [-0.4, -0.2) is 59.5 Å². The Bertz CT molecular complexity index is 822. The van der Waals surface area contributed by atoms with Crippen LogP contribution in [0.1, 0.15) is 61.8 Å². The van der Waals surface area contributed by atoms with Crippen molar-refractivity contribution in [3.63, 3.8) is 0 Å². The maximum Gasteiger partial charge on any atom is 0.297 e. The van der Waals surface area contributed by atoms with Gasteiger partial charge in [0.25, 0.3) is 5.91 Å². The maximum absolute atomic E-state index is 12.9. The zero-order valence-corrected chi connectivity index (χ0v) is 17.9. The lowest BCUT2D eigenvalue weighted by Crippen LogP contribution is -2.55. The number of fused-ring (bicyclic) bond motifs is 3. The predicted molar refractivity (Wildman–Crippen MR) is 107 cm³/mol. The highest BCUT2D eigenvalue weighted by atomic mass is 16.7. The zero-order valence-electron chi connectivity index (χ0n) is 17.9. The summed E-state index contributed by atoms with van der Waals surface area (Å²) in [7, 11) is 5.65. The number of rotatable bonds is 1. The molecule has 1 aromatic rings. The highest BCUT2D eigenvalue weighted by Gasteiger charge is 2.58. The first kappa shape index (κ1) is 19.6. The van der Waals surface area contributed by atoms with Gasteiger partial charge in [-0.25, -0.2) is 0 Å². The molecule has 2 fully saturated rings. The van der Waals surface area contributed by atoms with Crippen LogP contribution in [0, 0.1) is 11.8 Å². The summed E-state index contributed by atoms with van der Waals surface area (Å²) < 4.78 is 13.9. The molecule has 2 heterocycles. The summed E-state index contributed by atoms with van der Waals surface area (Å²) in [6.45, 7) is 7.79. The van der Waals surface area contributed by atoms with Gasteiger partial charge in [-0.15, -0.1) is 0 Å². The van der Waals surface area contributed by atoms with E-state index >= 15 is 0 Å². The Kier molecular flexibility index (Phi) is 4.66. The Morgan fingerprint density at radius 1 is 1.29 bits per heavy atom. The van der Waals surface area contributed by atoms with Gasteiger partial charge in [0.05, 0.1) is 18.9 Å². The van der Waals surface area contributed by atoms with Gasteiger partial charge >= 0.3 is 0 Å². The molecule has 1 saturated carbocycles. The number of hydrogen-bond donors (Lipinski definition) is 0. The standard InChI is InChI=1S/C21H32N4O3/c1-13-16-8-7-15-17(19(26)22-14(2)24(4)5)25(6)23-18(15)20(16,3)9-10-21(13)27-11-12-28-21/h13,16H,7-12H2,1-6H3/b22-14+/t13-,16-,20?/m0/s1. The molecule has 0 aromatic carbocycles. The SMILES string of the molecule is C/C(=N\C(=O)c1c2c(nn1C)C1(C)CCC3(OCCO3)[C@@H](C)[C@@H]1CC2)N(C)C. The zero-order chi connectivity index (χ0) is 20.3. The lowest BCUT2D eigenvalue weighted by molar-refractivity contribution is -0.234. The van der Waals surface area contributed by atoms with E-state index in [0.29, 0.717) is 36.6 Å². The Labute approximate surface area is 167 Å². The number of aryl methyl sites for hydroxylation is 1. The van der Waals surface area contributed by atoms with Crippen LogP contribution in [0.5, 0.6) is 0 Å². The van der Waals surface area contributed by atoms with Crippen molar-refractivity contribution in [3.05, 3.63) is 17.0 Å². The molecule has 1 aliphatic heterocycles. The monoisotopic (exact) mass is 388 g/mol. The summed E-state index contributed by atoms with van der Waals surface area (Å²) in [5.41, 5.74) is 2.73. The lowest BCUT2D eigenvalue weighted by Gasteiger charge is -2.53. The van der Waals surface area contributed by atoms with Crippen molar-refractivity contribution >= 4 is 11.7 Å². The van der Waals surface area contributed by atoms with E-state index in [-0.39, 0.29) is 11.3 Å². The lowest BCUT2D eigenvalue weighted by atomic mass is 9.55. The van der Waals surface area contributed by atoms with Gasteiger partial charge in [0.1, 0.15) is 11.5 Å². The normalized spacial score (nSPS) is 31.6. The minimum atomic E-state index is -0.428. The average molecular weight is 389 g/mol. The summed E-state index contributed by atoms with van der Waals surface area (Å²) in [6, 6.07) is 0. The maximum atomic E-state index is 12.9. The summed E-state index contributed by atoms with van der Waals surface area (Å²) in [5, 5.41) is 4.86. The smallest absolute Gasteiger partial charge is 0.297 e. The van der Waals surface area contributed by atoms with Crippen molar-refractivity contribution in [2.45, 2.75) is 57.7 Å². The summed E-state index contributed by atoms with van der Waals surface area (Å²) >= 11 is 0. The first-order valence-electron chi connectivity index (χ1n) is 10.3. The van der Waals surface area contributed by atoms with Crippen molar-refractivity contribution in [1.29, 1.82) is 0 Å². The third-order valence-electron chi connectivity index (χ3n) is 7.39. The van der Waals surface area contributed by atoms with Crippen LogP contribution in [0.25, 0.3) is 0 Å². The second kappa shape index (κ2) is 6.66. The number of aromatic nitrogens is 2. The largest absolute Gasteiger partial charge is 0.366 e. The van der Waals surface area contributed by atoms with Gasteiger partial charge in [-0.3, -0.25) is 9.48 Å². The molecule has 1 saturated heterocycles. The molecule has 0 radical (unpaired) electrons. The summed E-state index contributed by atoms with van der Waals surface area (Å²) in [6.07, 6.45) is 3.70. The molecule has 0 N–H and O–H groups in total. The van der Waals surface area contributed by atoms with Gasteiger partial charge in [-0.05, 0) is 32.1 Å². The number of amidine groups is 1. The van der Waals surface area contributed by atoms with Crippen molar-refractivity contribution < 1.29 is 14.3 Å². The van der Waals surface area contributed by atoms with Gasteiger partial charge in [-0.2, -0.15) is 10.1 Å². The third-order valence-corrected chi connectivity index (χ3v) is 7.39. The van der Waals surface area contributed by atoms with Gasteiger partial charge in [0.2, 0.25) is 0 Å².